The Balaban J connectivity index is 2.18. The molecular formula is C21H21N3OS. The topological polar surface area (TPSA) is 54.0 Å². The number of aromatic nitrogens is 1. The van der Waals surface area contributed by atoms with Gasteiger partial charge in [0.05, 0.1) is 16.8 Å². The molecule has 0 radical (unpaired) electrons. The molecule has 5 heteroatoms. The number of nitrogens with one attached hydrogen (secondary N) is 2. The Morgan fingerprint density at radius 2 is 2.04 bits per heavy atom. The molecule has 0 saturated heterocycles. The molecule has 0 aliphatic rings. The Kier molecular flexibility index (Phi) is 5.58. The summed E-state index contributed by atoms with van der Waals surface area (Å²) in [7, 11) is 0. The van der Waals surface area contributed by atoms with Crippen molar-refractivity contribution >= 4 is 39.9 Å². The van der Waals surface area contributed by atoms with E-state index in [0.29, 0.717) is 12.1 Å². The molecular weight excluding hydrogens is 342 g/mol. The number of para-hydroxylation sites is 2. The van der Waals surface area contributed by atoms with Crippen LogP contribution in [0.15, 0.2) is 66.2 Å². The molecule has 0 spiro atoms. The number of carbonyl (C=O) groups is 1. The number of thioether (sulfide) groups is 1. The van der Waals surface area contributed by atoms with Crippen molar-refractivity contribution in [3.8, 4) is 0 Å². The molecule has 3 aromatic rings. The summed E-state index contributed by atoms with van der Waals surface area (Å²) in [6.07, 6.45) is 5.32. The highest BCUT2D eigenvalue weighted by Crippen LogP contribution is 2.34. The fourth-order valence-electron chi connectivity index (χ4n) is 2.78. The number of pyridine rings is 1. The maximum absolute atomic E-state index is 12.7. The Hall–Kier alpha value is -2.79. The van der Waals surface area contributed by atoms with Gasteiger partial charge < -0.3 is 10.6 Å². The molecule has 0 atom stereocenters. The molecule has 3 rings (SSSR count). The van der Waals surface area contributed by atoms with Crippen LogP contribution < -0.4 is 10.6 Å². The summed E-state index contributed by atoms with van der Waals surface area (Å²) in [4.78, 5) is 18.3. The first-order valence-electron chi connectivity index (χ1n) is 8.33. The van der Waals surface area contributed by atoms with Crippen LogP contribution in [-0.2, 0) is 0 Å². The summed E-state index contributed by atoms with van der Waals surface area (Å²) in [6, 6.07) is 14.0. The number of carbonyl (C=O) groups excluding carboxylic acids is 1. The van der Waals surface area contributed by atoms with Crippen LogP contribution in [0.3, 0.4) is 0 Å². The fraction of sp³-hybridized carbons (Fsp3) is 0.143. The van der Waals surface area contributed by atoms with Gasteiger partial charge in [0.2, 0.25) is 0 Å². The first kappa shape index (κ1) is 18.0. The van der Waals surface area contributed by atoms with Gasteiger partial charge in [0.1, 0.15) is 0 Å². The van der Waals surface area contributed by atoms with Crippen molar-refractivity contribution in [1.82, 2.24) is 10.3 Å². The maximum atomic E-state index is 12.7. The Morgan fingerprint density at radius 3 is 2.77 bits per heavy atom. The second-order valence-corrected chi connectivity index (χ2v) is 6.69. The number of aryl methyl sites for hydroxylation is 1. The number of hydrogen-bond donors (Lipinski definition) is 2. The highest BCUT2D eigenvalue weighted by molar-refractivity contribution is 7.98. The van der Waals surface area contributed by atoms with Crippen molar-refractivity contribution in [2.75, 3.05) is 18.1 Å². The minimum atomic E-state index is -0.176. The van der Waals surface area contributed by atoms with E-state index in [1.807, 2.05) is 55.6 Å². The van der Waals surface area contributed by atoms with Crippen LogP contribution in [0.1, 0.15) is 15.9 Å². The predicted octanol–water partition coefficient (Wildman–Crippen LogP) is 4.92. The summed E-state index contributed by atoms with van der Waals surface area (Å²) in [5, 5.41) is 7.22. The van der Waals surface area contributed by atoms with Crippen molar-refractivity contribution in [1.29, 1.82) is 0 Å². The summed E-state index contributed by atoms with van der Waals surface area (Å²) in [5.41, 5.74) is 4.24. The van der Waals surface area contributed by atoms with Gasteiger partial charge in [-0.15, -0.1) is 18.3 Å². The van der Waals surface area contributed by atoms with Gasteiger partial charge in [-0.3, -0.25) is 9.78 Å². The van der Waals surface area contributed by atoms with Gasteiger partial charge >= 0.3 is 0 Å². The number of hydrogen-bond acceptors (Lipinski definition) is 4. The smallest absolute Gasteiger partial charge is 0.255 e. The van der Waals surface area contributed by atoms with Gasteiger partial charge in [0.15, 0.2) is 0 Å². The molecule has 4 nitrogen and oxygen atoms in total. The van der Waals surface area contributed by atoms with Crippen LogP contribution in [-0.4, -0.2) is 23.7 Å². The number of rotatable bonds is 6. The highest BCUT2D eigenvalue weighted by atomic mass is 32.2. The monoisotopic (exact) mass is 363 g/mol. The summed E-state index contributed by atoms with van der Waals surface area (Å²) >= 11 is 1.64. The number of nitrogens with zero attached hydrogens (tertiary/aromatic N) is 1. The number of fused-ring (bicyclic) bond motifs is 1. The van der Waals surface area contributed by atoms with Crippen LogP contribution in [0.5, 0.6) is 0 Å². The van der Waals surface area contributed by atoms with E-state index in [1.54, 1.807) is 24.0 Å². The number of benzene rings is 2. The van der Waals surface area contributed by atoms with E-state index in [2.05, 4.69) is 22.2 Å². The Labute approximate surface area is 157 Å². The molecule has 26 heavy (non-hydrogen) atoms. The Bertz CT molecular complexity index is 969. The lowest BCUT2D eigenvalue weighted by atomic mass is 10.1. The van der Waals surface area contributed by atoms with Gasteiger partial charge in [0.25, 0.3) is 5.91 Å². The molecule has 1 heterocycles. The quantitative estimate of drug-likeness (QED) is 0.482. The normalized spacial score (nSPS) is 10.5. The molecule has 1 amide bonds. The lowest BCUT2D eigenvalue weighted by Gasteiger charge is -2.16. The first-order chi connectivity index (χ1) is 12.7. The van der Waals surface area contributed by atoms with Crippen molar-refractivity contribution < 1.29 is 4.79 Å². The fourth-order valence-corrected chi connectivity index (χ4v) is 3.35. The van der Waals surface area contributed by atoms with Gasteiger partial charge in [-0.1, -0.05) is 36.4 Å². The maximum Gasteiger partial charge on any atom is 0.255 e. The van der Waals surface area contributed by atoms with E-state index in [0.717, 1.165) is 32.7 Å². The lowest BCUT2D eigenvalue weighted by molar-refractivity contribution is 0.0958. The average Bonchev–Trinajstić information content (AvgIpc) is 2.67. The molecule has 0 saturated carbocycles. The van der Waals surface area contributed by atoms with Crippen molar-refractivity contribution in [3.05, 3.63) is 72.4 Å². The van der Waals surface area contributed by atoms with Crippen LogP contribution in [0.2, 0.25) is 0 Å². The van der Waals surface area contributed by atoms with Gasteiger partial charge in [0, 0.05) is 28.7 Å². The standard InChI is InChI=1S/C21H21N3OS/c1-4-12-22-21(25)16-13-23-20-15(9-7-11-18(20)26-3)19(16)24-17-10-6-5-8-14(17)2/h4-11,13H,1,12H2,2-3H3,(H,22,25)(H,23,24). The van der Waals surface area contributed by atoms with E-state index < -0.39 is 0 Å². The molecule has 0 bridgehead atoms. The molecule has 1 aromatic heterocycles. The zero-order valence-corrected chi connectivity index (χ0v) is 15.7. The summed E-state index contributed by atoms with van der Waals surface area (Å²) in [5.74, 6) is -0.176. The van der Waals surface area contributed by atoms with Crippen molar-refractivity contribution in [2.45, 2.75) is 11.8 Å². The number of anilines is 2. The molecule has 0 fully saturated rings. The molecule has 2 N–H and O–H groups in total. The van der Waals surface area contributed by atoms with E-state index in [9.17, 15) is 4.79 Å². The van der Waals surface area contributed by atoms with Crippen LogP contribution in [0.4, 0.5) is 11.4 Å². The van der Waals surface area contributed by atoms with Crippen LogP contribution >= 0.6 is 11.8 Å². The molecule has 0 unspecified atom stereocenters. The second-order valence-electron chi connectivity index (χ2n) is 5.84. The largest absolute Gasteiger partial charge is 0.354 e. The summed E-state index contributed by atoms with van der Waals surface area (Å²) in [6.45, 7) is 6.10. The number of amides is 1. The van der Waals surface area contributed by atoms with E-state index >= 15 is 0 Å². The van der Waals surface area contributed by atoms with E-state index in [1.165, 1.54) is 0 Å². The van der Waals surface area contributed by atoms with Crippen LogP contribution in [0, 0.1) is 6.92 Å². The minimum absolute atomic E-state index is 0.176. The van der Waals surface area contributed by atoms with E-state index in [4.69, 9.17) is 0 Å². The SMILES string of the molecule is C=CCNC(=O)c1cnc2c(SC)cccc2c1Nc1ccccc1C. The Morgan fingerprint density at radius 1 is 1.23 bits per heavy atom. The second kappa shape index (κ2) is 8.06. The lowest BCUT2D eigenvalue weighted by Crippen LogP contribution is -2.24. The van der Waals surface area contributed by atoms with Crippen molar-refractivity contribution in [2.24, 2.45) is 0 Å². The summed E-state index contributed by atoms with van der Waals surface area (Å²) < 4.78 is 0. The first-order valence-corrected chi connectivity index (χ1v) is 9.55. The van der Waals surface area contributed by atoms with Crippen LogP contribution in [0.25, 0.3) is 10.9 Å². The molecule has 0 aliphatic carbocycles. The van der Waals surface area contributed by atoms with Gasteiger partial charge in [-0.2, -0.15) is 0 Å². The van der Waals surface area contributed by atoms with E-state index in [-0.39, 0.29) is 5.91 Å². The van der Waals surface area contributed by atoms with Crippen molar-refractivity contribution in [3.63, 3.8) is 0 Å². The van der Waals surface area contributed by atoms with Gasteiger partial charge in [-0.05, 0) is 30.9 Å². The zero-order chi connectivity index (χ0) is 18.5. The molecule has 132 valence electrons. The molecule has 2 aromatic carbocycles. The third kappa shape index (κ3) is 3.58. The average molecular weight is 363 g/mol. The third-order valence-corrected chi connectivity index (χ3v) is 4.91. The molecule has 0 aliphatic heterocycles. The third-order valence-electron chi connectivity index (χ3n) is 4.14. The zero-order valence-electron chi connectivity index (χ0n) is 14.9. The minimum Gasteiger partial charge on any atom is -0.354 e. The predicted molar refractivity (Wildman–Crippen MR) is 111 cm³/mol. The highest BCUT2D eigenvalue weighted by Gasteiger charge is 2.17. The van der Waals surface area contributed by atoms with Gasteiger partial charge in [-0.25, -0.2) is 0 Å².